The Morgan fingerprint density at radius 2 is 2.00 bits per heavy atom. The van der Waals surface area contributed by atoms with E-state index in [0.717, 1.165) is 11.1 Å². The van der Waals surface area contributed by atoms with Crippen molar-refractivity contribution >= 4 is 21.6 Å². The summed E-state index contributed by atoms with van der Waals surface area (Å²) in [5.41, 5.74) is 1.14. The van der Waals surface area contributed by atoms with E-state index in [4.69, 9.17) is 4.74 Å². The predicted molar refractivity (Wildman–Crippen MR) is 92.3 cm³/mol. The van der Waals surface area contributed by atoms with E-state index in [2.05, 4.69) is 0 Å². The van der Waals surface area contributed by atoms with Crippen LogP contribution in [-0.4, -0.2) is 28.0 Å². The molecule has 23 heavy (non-hydrogen) atoms. The van der Waals surface area contributed by atoms with Gasteiger partial charge in [0.2, 0.25) is 0 Å². The van der Waals surface area contributed by atoms with E-state index in [0.29, 0.717) is 28.2 Å². The number of ether oxygens (including phenoxy) is 1. The van der Waals surface area contributed by atoms with Crippen molar-refractivity contribution < 1.29 is 9.84 Å². The van der Waals surface area contributed by atoms with E-state index in [1.165, 1.54) is 15.9 Å². The number of hydrogen-bond donors (Lipinski definition) is 1. The highest BCUT2D eigenvalue weighted by molar-refractivity contribution is 7.18. The molecule has 0 aliphatic rings. The summed E-state index contributed by atoms with van der Waals surface area (Å²) in [6, 6.07) is 0. The first-order valence-corrected chi connectivity index (χ1v) is 8.22. The molecule has 0 amide bonds. The Balaban J connectivity index is 2.81. The van der Waals surface area contributed by atoms with Crippen LogP contribution in [0.5, 0.6) is 0 Å². The molecule has 7 heteroatoms. The average molecular weight is 338 g/mol. The SMILES string of the molecule is COCCn1c(=O)n(CC=C(C)C)c(=O)c2c(C)c(CO)sc21. The summed E-state index contributed by atoms with van der Waals surface area (Å²) in [7, 11) is 1.57. The lowest BCUT2D eigenvalue weighted by molar-refractivity contribution is 0.186. The predicted octanol–water partition coefficient (Wildman–Crippen LogP) is 1.64. The number of methoxy groups -OCH3 is 1. The molecule has 0 unspecified atom stereocenters. The lowest BCUT2D eigenvalue weighted by Crippen LogP contribution is -2.40. The third kappa shape index (κ3) is 3.31. The summed E-state index contributed by atoms with van der Waals surface area (Å²) in [4.78, 5) is 26.8. The number of rotatable bonds is 6. The van der Waals surface area contributed by atoms with Crippen LogP contribution in [0.2, 0.25) is 0 Å². The molecule has 0 aliphatic carbocycles. The Hall–Kier alpha value is -1.70. The molecule has 2 aromatic heterocycles. The fourth-order valence-corrected chi connectivity index (χ4v) is 3.58. The largest absolute Gasteiger partial charge is 0.391 e. The highest BCUT2D eigenvalue weighted by atomic mass is 32.1. The maximum atomic E-state index is 12.8. The topological polar surface area (TPSA) is 73.5 Å². The molecule has 0 bridgehead atoms. The maximum absolute atomic E-state index is 12.8. The lowest BCUT2D eigenvalue weighted by Gasteiger charge is -2.11. The fourth-order valence-electron chi connectivity index (χ4n) is 2.41. The number of fused-ring (bicyclic) bond motifs is 1. The summed E-state index contributed by atoms with van der Waals surface area (Å²) >= 11 is 1.29. The number of hydrogen-bond acceptors (Lipinski definition) is 5. The van der Waals surface area contributed by atoms with Gasteiger partial charge in [-0.25, -0.2) is 4.79 Å². The molecule has 0 radical (unpaired) electrons. The molecular formula is C16H22N2O4S. The van der Waals surface area contributed by atoms with Crippen molar-refractivity contribution in [1.29, 1.82) is 0 Å². The van der Waals surface area contributed by atoms with Gasteiger partial charge >= 0.3 is 5.69 Å². The molecule has 0 aromatic carbocycles. The average Bonchev–Trinajstić information content (AvgIpc) is 2.83. The maximum Gasteiger partial charge on any atom is 0.332 e. The van der Waals surface area contributed by atoms with Crippen LogP contribution in [0.3, 0.4) is 0 Å². The minimum Gasteiger partial charge on any atom is -0.391 e. The first kappa shape index (κ1) is 17.7. The van der Waals surface area contributed by atoms with Crippen molar-refractivity contribution in [2.24, 2.45) is 0 Å². The van der Waals surface area contributed by atoms with Gasteiger partial charge in [-0.05, 0) is 26.3 Å². The highest BCUT2D eigenvalue weighted by Crippen LogP contribution is 2.27. The van der Waals surface area contributed by atoms with E-state index in [9.17, 15) is 14.7 Å². The molecule has 0 saturated heterocycles. The summed E-state index contributed by atoms with van der Waals surface area (Å²) in [5, 5.41) is 9.98. The van der Waals surface area contributed by atoms with Gasteiger partial charge in [-0.3, -0.25) is 13.9 Å². The third-order valence-electron chi connectivity index (χ3n) is 3.74. The second kappa shape index (κ2) is 7.25. The fraction of sp³-hybridized carbons (Fsp3) is 0.500. The van der Waals surface area contributed by atoms with Crippen molar-refractivity contribution in [2.45, 2.75) is 40.5 Å². The zero-order chi connectivity index (χ0) is 17.1. The Bertz CT molecular complexity index is 854. The molecular weight excluding hydrogens is 316 g/mol. The van der Waals surface area contributed by atoms with Crippen LogP contribution < -0.4 is 11.2 Å². The molecule has 0 atom stereocenters. The number of aliphatic hydroxyl groups is 1. The monoisotopic (exact) mass is 338 g/mol. The Kier molecular flexibility index (Phi) is 5.56. The highest BCUT2D eigenvalue weighted by Gasteiger charge is 2.19. The van der Waals surface area contributed by atoms with Gasteiger partial charge in [0.05, 0.1) is 25.1 Å². The standard InChI is InChI=1S/C16H22N2O4S/c1-10(2)5-6-17-14(20)13-11(3)12(9-19)23-15(13)18(16(17)21)7-8-22-4/h5,19H,6-9H2,1-4H3. The molecule has 0 aliphatic heterocycles. The second-order valence-electron chi connectivity index (χ2n) is 5.61. The van der Waals surface area contributed by atoms with Crippen molar-refractivity contribution in [3.8, 4) is 0 Å². The third-order valence-corrected chi connectivity index (χ3v) is 5.04. The second-order valence-corrected chi connectivity index (χ2v) is 6.70. The van der Waals surface area contributed by atoms with Crippen LogP contribution >= 0.6 is 11.3 Å². The lowest BCUT2D eigenvalue weighted by atomic mass is 10.2. The Morgan fingerprint density at radius 3 is 2.57 bits per heavy atom. The molecule has 0 saturated carbocycles. The summed E-state index contributed by atoms with van der Waals surface area (Å²) in [5.74, 6) is 0. The Morgan fingerprint density at radius 1 is 1.30 bits per heavy atom. The van der Waals surface area contributed by atoms with Gasteiger partial charge in [0.1, 0.15) is 4.83 Å². The van der Waals surface area contributed by atoms with Gasteiger partial charge in [0.15, 0.2) is 0 Å². The zero-order valence-electron chi connectivity index (χ0n) is 13.9. The summed E-state index contributed by atoms with van der Waals surface area (Å²) < 4.78 is 7.88. The van der Waals surface area contributed by atoms with Gasteiger partial charge in [-0.15, -0.1) is 11.3 Å². The zero-order valence-corrected chi connectivity index (χ0v) is 14.7. The van der Waals surface area contributed by atoms with E-state index >= 15 is 0 Å². The van der Waals surface area contributed by atoms with Crippen molar-refractivity contribution in [3.05, 3.63) is 42.9 Å². The van der Waals surface area contributed by atoms with Gasteiger partial charge in [-0.1, -0.05) is 11.6 Å². The van der Waals surface area contributed by atoms with Crippen molar-refractivity contribution in [2.75, 3.05) is 13.7 Å². The van der Waals surface area contributed by atoms with Gasteiger partial charge in [-0.2, -0.15) is 0 Å². The molecule has 2 heterocycles. The minimum atomic E-state index is -0.345. The van der Waals surface area contributed by atoms with Crippen LogP contribution in [0.1, 0.15) is 24.3 Å². The Labute approximate surface area is 138 Å². The number of aromatic nitrogens is 2. The smallest absolute Gasteiger partial charge is 0.332 e. The number of aliphatic hydroxyl groups excluding tert-OH is 1. The van der Waals surface area contributed by atoms with E-state index in [-0.39, 0.29) is 24.4 Å². The van der Waals surface area contributed by atoms with Crippen LogP contribution in [0.4, 0.5) is 0 Å². The molecule has 126 valence electrons. The molecule has 1 N–H and O–H groups in total. The first-order valence-electron chi connectivity index (χ1n) is 7.41. The van der Waals surface area contributed by atoms with Crippen LogP contribution in [0.15, 0.2) is 21.2 Å². The van der Waals surface area contributed by atoms with Gasteiger partial charge < -0.3 is 9.84 Å². The van der Waals surface area contributed by atoms with Gasteiger partial charge in [0, 0.05) is 18.5 Å². The molecule has 2 aromatic rings. The molecule has 6 nitrogen and oxygen atoms in total. The van der Waals surface area contributed by atoms with E-state index in [1.807, 2.05) is 26.8 Å². The first-order chi connectivity index (χ1) is 10.9. The van der Waals surface area contributed by atoms with Crippen LogP contribution in [0.25, 0.3) is 10.2 Å². The molecule has 0 spiro atoms. The molecule has 2 rings (SSSR count). The summed E-state index contributed by atoms with van der Waals surface area (Å²) in [6.07, 6.45) is 1.85. The number of nitrogens with zero attached hydrogens (tertiary/aromatic N) is 2. The van der Waals surface area contributed by atoms with E-state index in [1.54, 1.807) is 11.7 Å². The normalized spacial score (nSPS) is 11.2. The molecule has 0 fully saturated rings. The van der Waals surface area contributed by atoms with Crippen LogP contribution in [-0.2, 0) is 24.4 Å². The number of thiophene rings is 1. The van der Waals surface area contributed by atoms with Gasteiger partial charge in [0.25, 0.3) is 5.56 Å². The number of allylic oxidation sites excluding steroid dienone is 2. The number of aryl methyl sites for hydroxylation is 1. The van der Waals surface area contributed by atoms with E-state index < -0.39 is 0 Å². The summed E-state index contributed by atoms with van der Waals surface area (Å²) in [6.45, 7) is 6.50. The quantitative estimate of drug-likeness (QED) is 0.813. The van der Waals surface area contributed by atoms with Crippen molar-refractivity contribution in [1.82, 2.24) is 9.13 Å². The van der Waals surface area contributed by atoms with Crippen molar-refractivity contribution in [3.63, 3.8) is 0 Å². The van der Waals surface area contributed by atoms with Crippen LogP contribution in [0, 0.1) is 6.92 Å². The minimum absolute atomic E-state index is 0.142.